The number of nitrogens with zero attached hydrogens (tertiary/aromatic N) is 6. The van der Waals surface area contributed by atoms with Gasteiger partial charge in [0.25, 0.3) is 5.88 Å². The van der Waals surface area contributed by atoms with E-state index in [4.69, 9.17) is 19.9 Å². The molecule has 3 N–H and O–H groups in total. The minimum atomic E-state index is -0.568. The number of carbonyl (C=O) groups excluding carboxylic acids is 1. The average Bonchev–Trinajstić information content (AvgIpc) is 2.87. The SMILES string of the molecule is COc1ncc(Nc2cc(-c3cncc(C)n3)ncc2C=N)nc1N1CCC[C@H](NC(=O)OC(C)(C)C)C1. The number of ether oxygens (including phenoxy) is 2. The van der Waals surface area contributed by atoms with Crippen molar-refractivity contribution in [1.29, 1.82) is 5.41 Å². The van der Waals surface area contributed by atoms with Crippen LogP contribution in [0.3, 0.4) is 0 Å². The number of hydrogen-bond acceptors (Lipinski definition) is 11. The summed E-state index contributed by atoms with van der Waals surface area (Å²) in [4.78, 5) is 36.7. The molecule has 1 fully saturated rings. The van der Waals surface area contributed by atoms with E-state index < -0.39 is 11.7 Å². The summed E-state index contributed by atoms with van der Waals surface area (Å²) in [6.07, 6.45) is 8.96. The van der Waals surface area contributed by atoms with E-state index in [1.165, 1.54) is 6.21 Å². The number of alkyl carbamates (subject to hydrolysis) is 1. The molecule has 1 amide bonds. The van der Waals surface area contributed by atoms with Gasteiger partial charge in [0.05, 0.1) is 36.6 Å². The highest BCUT2D eigenvalue weighted by molar-refractivity contribution is 5.88. The molecule has 0 aliphatic carbocycles. The molecule has 12 nitrogen and oxygen atoms in total. The number of nitrogens with one attached hydrogen (secondary N) is 3. The molecular formula is C26H33N9O3. The van der Waals surface area contributed by atoms with Crippen molar-refractivity contribution < 1.29 is 14.3 Å². The predicted molar refractivity (Wildman–Crippen MR) is 144 cm³/mol. The van der Waals surface area contributed by atoms with Gasteiger partial charge >= 0.3 is 6.09 Å². The zero-order valence-electron chi connectivity index (χ0n) is 22.3. The topological polar surface area (TPSA) is 151 Å². The van der Waals surface area contributed by atoms with Gasteiger partial charge in [-0.05, 0) is 46.6 Å². The molecule has 0 saturated carbocycles. The molecule has 200 valence electrons. The first-order valence-corrected chi connectivity index (χ1v) is 12.4. The van der Waals surface area contributed by atoms with Crippen LogP contribution in [-0.4, -0.2) is 69.1 Å². The first-order valence-electron chi connectivity index (χ1n) is 12.4. The Morgan fingerprint density at radius 2 is 1.97 bits per heavy atom. The monoisotopic (exact) mass is 519 g/mol. The summed E-state index contributed by atoms with van der Waals surface area (Å²) in [5, 5.41) is 14.0. The zero-order chi connectivity index (χ0) is 27.3. The third kappa shape index (κ3) is 6.69. The van der Waals surface area contributed by atoms with Crippen molar-refractivity contribution in [1.82, 2.24) is 30.2 Å². The molecule has 1 atom stereocenters. The van der Waals surface area contributed by atoms with Gasteiger partial charge < -0.3 is 30.4 Å². The van der Waals surface area contributed by atoms with Crippen molar-refractivity contribution in [2.24, 2.45) is 0 Å². The van der Waals surface area contributed by atoms with E-state index in [0.717, 1.165) is 25.1 Å². The number of rotatable bonds is 7. The molecular weight excluding hydrogens is 486 g/mol. The van der Waals surface area contributed by atoms with Crippen LogP contribution in [0.2, 0.25) is 0 Å². The predicted octanol–water partition coefficient (Wildman–Crippen LogP) is 3.88. The maximum atomic E-state index is 12.3. The van der Waals surface area contributed by atoms with E-state index in [9.17, 15) is 4.79 Å². The van der Waals surface area contributed by atoms with Gasteiger partial charge in [-0.3, -0.25) is 9.97 Å². The summed E-state index contributed by atoms with van der Waals surface area (Å²) in [6.45, 7) is 8.64. The number of amides is 1. The number of anilines is 3. The van der Waals surface area contributed by atoms with Crippen LogP contribution < -0.4 is 20.3 Å². The second kappa shape index (κ2) is 11.4. The first kappa shape index (κ1) is 26.7. The highest BCUT2D eigenvalue weighted by atomic mass is 16.6. The molecule has 0 radical (unpaired) electrons. The molecule has 0 unspecified atom stereocenters. The molecule has 4 heterocycles. The molecule has 1 saturated heterocycles. The molecule has 1 aliphatic heterocycles. The number of methoxy groups -OCH3 is 1. The number of hydrogen-bond donors (Lipinski definition) is 3. The van der Waals surface area contributed by atoms with E-state index in [1.807, 2.05) is 32.6 Å². The first-order chi connectivity index (χ1) is 18.1. The highest BCUT2D eigenvalue weighted by Crippen LogP contribution is 2.30. The summed E-state index contributed by atoms with van der Waals surface area (Å²) in [5.74, 6) is 1.41. The van der Waals surface area contributed by atoms with Gasteiger partial charge in [0.2, 0.25) is 0 Å². The van der Waals surface area contributed by atoms with Crippen LogP contribution in [0.5, 0.6) is 5.88 Å². The molecule has 12 heteroatoms. The maximum absolute atomic E-state index is 12.3. The van der Waals surface area contributed by atoms with E-state index in [-0.39, 0.29) is 6.04 Å². The Bertz CT molecular complexity index is 1310. The molecule has 38 heavy (non-hydrogen) atoms. The van der Waals surface area contributed by atoms with Crippen molar-refractivity contribution >= 4 is 29.6 Å². The highest BCUT2D eigenvalue weighted by Gasteiger charge is 2.27. The molecule has 4 rings (SSSR count). The Labute approximate surface area is 221 Å². The van der Waals surface area contributed by atoms with E-state index in [2.05, 4.69) is 30.6 Å². The lowest BCUT2D eigenvalue weighted by molar-refractivity contribution is 0.0500. The smallest absolute Gasteiger partial charge is 0.407 e. The fraction of sp³-hybridized carbons (Fsp3) is 0.423. The summed E-state index contributed by atoms with van der Waals surface area (Å²) < 4.78 is 10.9. The van der Waals surface area contributed by atoms with Gasteiger partial charge in [0.15, 0.2) is 11.6 Å². The summed E-state index contributed by atoms with van der Waals surface area (Å²) in [6, 6.07) is 1.70. The number of carbonyl (C=O) groups is 1. The second-order valence-corrected chi connectivity index (χ2v) is 9.99. The average molecular weight is 520 g/mol. The molecule has 3 aromatic heterocycles. The standard InChI is InChI=1S/C26H33N9O3/c1-16-11-28-13-21(31-16)20-9-19(17(10-27)12-29-20)33-22-14-30-24(37-5)23(34-22)35-8-6-7-18(15-35)32-25(36)38-26(2,3)4/h9-14,18,27H,6-8,15H2,1-5H3,(H,32,36)(H,29,33,34)/t18-/m0/s1. The van der Waals surface area contributed by atoms with E-state index in [1.54, 1.807) is 38.0 Å². The summed E-state index contributed by atoms with van der Waals surface area (Å²) in [5.41, 5.74) is 2.66. The quantitative estimate of drug-likeness (QED) is 0.392. The fourth-order valence-corrected chi connectivity index (χ4v) is 4.09. The van der Waals surface area contributed by atoms with Crippen molar-refractivity contribution in [3.05, 3.63) is 42.1 Å². The van der Waals surface area contributed by atoms with Crippen LogP contribution in [-0.2, 0) is 4.74 Å². The van der Waals surface area contributed by atoms with Gasteiger partial charge in [-0.1, -0.05) is 0 Å². The number of aryl methyl sites for hydroxylation is 1. The van der Waals surface area contributed by atoms with Gasteiger partial charge in [-0.2, -0.15) is 0 Å². The van der Waals surface area contributed by atoms with Gasteiger partial charge in [0.1, 0.15) is 11.3 Å². The van der Waals surface area contributed by atoms with Crippen LogP contribution in [0.4, 0.5) is 22.1 Å². The Hall–Kier alpha value is -4.35. The summed E-state index contributed by atoms with van der Waals surface area (Å²) in [7, 11) is 1.55. The molecule has 0 spiro atoms. The van der Waals surface area contributed by atoms with Crippen LogP contribution in [0, 0.1) is 12.3 Å². The number of piperidine rings is 1. The molecule has 1 aliphatic rings. The Morgan fingerprint density at radius 3 is 2.68 bits per heavy atom. The largest absolute Gasteiger partial charge is 0.478 e. The second-order valence-electron chi connectivity index (χ2n) is 9.99. The van der Waals surface area contributed by atoms with Gasteiger partial charge in [0, 0.05) is 43.3 Å². The van der Waals surface area contributed by atoms with Crippen molar-refractivity contribution in [3.8, 4) is 17.3 Å². The van der Waals surface area contributed by atoms with Crippen LogP contribution >= 0.6 is 0 Å². The van der Waals surface area contributed by atoms with Crippen LogP contribution in [0.15, 0.2) is 30.9 Å². The minimum Gasteiger partial charge on any atom is -0.478 e. The number of pyridine rings is 1. The van der Waals surface area contributed by atoms with Gasteiger partial charge in [-0.25, -0.2) is 19.7 Å². The lowest BCUT2D eigenvalue weighted by atomic mass is 10.1. The van der Waals surface area contributed by atoms with Crippen molar-refractivity contribution in [2.45, 2.75) is 52.2 Å². The third-order valence-corrected chi connectivity index (χ3v) is 5.73. The van der Waals surface area contributed by atoms with Crippen molar-refractivity contribution in [3.63, 3.8) is 0 Å². The lowest BCUT2D eigenvalue weighted by Crippen LogP contribution is -2.49. The maximum Gasteiger partial charge on any atom is 0.407 e. The molecule has 0 bridgehead atoms. The van der Waals surface area contributed by atoms with E-state index >= 15 is 0 Å². The Kier molecular flexibility index (Phi) is 7.99. The summed E-state index contributed by atoms with van der Waals surface area (Å²) >= 11 is 0. The molecule has 0 aromatic carbocycles. The Morgan fingerprint density at radius 1 is 1.16 bits per heavy atom. The van der Waals surface area contributed by atoms with Crippen LogP contribution in [0.1, 0.15) is 44.9 Å². The third-order valence-electron chi connectivity index (χ3n) is 5.73. The number of aromatic nitrogens is 5. The van der Waals surface area contributed by atoms with E-state index in [0.29, 0.717) is 46.7 Å². The fourth-order valence-electron chi connectivity index (χ4n) is 4.09. The minimum absolute atomic E-state index is 0.107. The van der Waals surface area contributed by atoms with Gasteiger partial charge in [-0.15, -0.1) is 0 Å². The zero-order valence-corrected chi connectivity index (χ0v) is 22.3. The van der Waals surface area contributed by atoms with Crippen molar-refractivity contribution in [2.75, 3.05) is 30.4 Å². The lowest BCUT2D eigenvalue weighted by Gasteiger charge is -2.34. The van der Waals surface area contributed by atoms with Crippen LogP contribution in [0.25, 0.3) is 11.4 Å². The normalized spacial score (nSPS) is 15.5. The Balaban J connectivity index is 1.57. The molecule has 3 aromatic rings.